The maximum absolute atomic E-state index is 12.5. The van der Waals surface area contributed by atoms with E-state index in [0.29, 0.717) is 82.5 Å². The highest BCUT2D eigenvalue weighted by atomic mass is 16.5. The molecule has 37 heavy (non-hydrogen) atoms. The van der Waals surface area contributed by atoms with Crippen molar-refractivity contribution in [1.29, 1.82) is 0 Å². The lowest BCUT2D eigenvalue weighted by Crippen LogP contribution is -2.51. The summed E-state index contributed by atoms with van der Waals surface area (Å²) in [6.07, 6.45) is 1.63. The smallest absolute Gasteiger partial charge is 0.243 e. The Labute approximate surface area is 217 Å². The van der Waals surface area contributed by atoms with Crippen molar-refractivity contribution >= 4 is 29.7 Å². The number of anilines is 1. The van der Waals surface area contributed by atoms with Crippen LogP contribution in [0.5, 0.6) is 0 Å². The molecule has 0 aliphatic carbocycles. The van der Waals surface area contributed by atoms with Gasteiger partial charge in [-0.25, -0.2) is 0 Å². The van der Waals surface area contributed by atoms with E-state index in [2.05, 4.69) is 16.0 Å². The minimum Gasteiger partial charge on any atom is -0.378 e. The van der Waals surface area contributed by atoms with Gasteiger partial charge in [0, 0.05) is 55.8 Å². The summed E-state index contributed by atoms with van der Waals surface area (Å²) in [5.41, 5.74) is 6.89. The molecule has 1 heterocycles. The molecule has 0 aromatic heterocycles. The lowest BCUT2D eigenvalue weighted by Gasteiger charge is -2.30. The van der Waals surface area contributed by atoms with Crippen LogP contribution in [0.25, 0.3) is 0 Å². The second-order valence-electron chi connectivity index (χ2n) is 8.55. The van der Waals surface area contributed by atoms with E-state index < -0.39 is 6.04 Å². The molecule has 0 radical (unpaired) electrons. The largest absolute Gasteiger partial charge is 0.378 e. The molecule has 0 bridgehead atoms. The van der Waals surface area contributed by atoms with Crippen LogP contribution >= 0.6 is 0 Å². The average Bonchev–Trinajstić information content (AvgIpc) is 2.87. The first-order valence-corrected chi connectivity index (χ1v) is 12.5. The highest BCUT2D eigenvalue weighted by Crippen LogP contribution is 2.23. The number of amides is 3. The van der Waals surface area contributed by atoms with Crippen LogP contribution in [0.15, 0.2) is 18.2 Å². The van der Waals surface area contributed by atoms with Crippen molar-refractivity contribution in [3.63, 3.8) is 0 Å². The summed E-state index contributed by atoms with van der Waals surface area (Å²) in [7, 11) is 1.75. The number of hydrogen-bond donors (Lipinski definition) is 4. The number of aldehydes is 1. The Hall–Kier alpha value is -2.74. The van der Waals surface area contributed by atoms with Gasteiger partial charge in [-0.15, -0.1) is 0 Å². The second kappa shape index (κ2) is 17.7. The van der Waals surface area contributed by atoms with E-state index in [9.17, 15) is 19.2 Å². The molecule has 1 saturated heterocycles. The van der Waals surface area contributed by atoms with Crippen molar-refractivity contribution in [2.45, 2.75) is 31.8 Å². The molecule has 5 N–H and O–H groups in total. The molecule has 12 nitrogen and oxygen atoms in total. The van der Waals surface area contributed by atoms with Gasteiger partial charge in [-0.3, -0.25) is 29.4 Å². The number of imide groups is 1. The number of carbonyl (C=O) groups is 4. The Morgan fingerprint density at radius 2 is 1.81 bits per heavy atom. The van der Waals surface area contributed by atoms with E-state index in [4.69, 9.17) is 19.9 Å². The van der Waals surface area contributed by atoms with Crippen molar-refractivity contribution in [1.82, 2.24) is 15.5 Å². The number of nitrogens with two attached hydrogens (primary N) is 1. The highest BCUT2D eigenvalue weighted by molar-refractivity contribution is 6.00. The number of piperidine rings is 1. The number of benzene rings is 1. The Bertz CT molecular complexity index is 883. The van der Waals surface area contributed by atoms with E-state index in [1.807, 2.05) is 0 Å². The minimum absolute atomic E-state index is 0.202. The maximum atomic E-state index is 12.5. The molecule has 0 spiro atoms. The van der Waals surface area contributed by atoms with Gasteiger partial charge >= 0.3 is 0 Å². The number of ether oxygens (including phenoxy) is 3. The minimum atomic E-state index is -0.491. The Kier molecular flexibility index (Phi) is 14.6. The van der Waals surface area contributed by atoms with E-state index >= 15 is 0 Å². The molecule has 1 aromatic rings. The number of nitrogens with zero attached hydrogens (tertiary/aromatic N) is 1. The van der Waals surface area contributed by atoms with Crippen LogP contribution in [-0.2, 0) is 35.1 Å². The normalized spacial score (nSPS) is 15.6. The van der Waals surface area contributed by atoms with E-state index in [-0.39, 0.29) is 37.1 Å². The van der Waals surface area contributed by atoms with Crippen molar-refractivity contribution in [3.8, 4) is 0 Å². The Morgan fingerprint density at radius 1 is 1.11 bits per heavy atom. The Balaban J connectivity index is 1.70. The van der Waals surface area contributed by atoms with Gasteiger partial charge < -0.3 is 30.6 Å². The highest BCUT2D eigenvalue weighted by Gasteiger charge is 2.30. The van der Waals surface area contributed by atoms with E-state index in [0.717, 1.165) is 6.29 Å². The fourth-order valence-electron chi connectivity index (χ4n) is 3.78. The molecule has 0 saturated carbocycles. The molecule has 1 atom stereocenters. The van der Waals surface area contributed by atoms with Crippen LogP contribution in [-0.4, -0.2) is 101 Å². The van der Waals surface area contributed by atoms with Crippen LogP contribution in [0.1, 0.15) is 35.2 Å². The van der Waals surface area contributed by atoms with Gasteiger partial charge in [-0.2, -0.15) is 0 Å². The summed E-state index contributed by atoms with van der Waals surface area (Å²) < 4.78 is 16.0. The van der Waals surface area contributed by atoms with Crippen molar-refractivity contribution in [3.05, 3.63) is 29.3 Å². The van der Waals surface area contributed by atoms with Gasteiger partial charge in [0.15, 0.2) is 0 Å². The molecule has 1 aromatic carbocycles. The number of rotatable bonds is 19. The third-order valence-corrected chi connectivity index (χ3v) is 5.72. The third kappa shape index (κ3) is 11.5. The molecule has 1 aliphatic heterocycles. The molecule has 12 heteroatoms. The van der Waals surface area contributed by atoms with Gasteiger partial charge in [0.25, 0.3) is 0 Å². The van der Waals surface area contributed by atoms with Crippen molar-refractivity contribution in [2.24, 2.45) is 5.73 Å². The van der Waals surface area contributed by atoms with Crippen LogP contribution < -0.4 is 21.7 Å². The molecular weight excluding hydrogens is 482 g/mol. The summed E-state index contributed by atoms with van der Waals surface area (Å²) in [6.45, 7) is 4.80. The van der Waals surface area contributed by atoms with Crippen molar-refractivity contribution in [2.75, 3.05) is 71.6 Å². The third-order valence-electron chi connectivity index (χ3n) is 5.72. The lowest BCUT2D eigenvalue weighted by molar-refractivity contribution is -0.137. The molecule has 1 unspecified atom stereocenters. The summed E-state index contributed by atoms with van der Waals surface area (Å²) in [6, 6.07) is 4.60. The van der Waals surface area contributed by atoms with E-state index in [1.54, 1.807) is 30.1 Å². The number of nitrogens with one attached hydrogen (secondary N) is 3. The molecule has 206 valence electrons. The molecule has 1 fully saturated rings. The lowest BCUT2D eigenvalue weighted by atomic mass is 10.0. The molecule has 1 aliphatic rings. The maximum Gasteiger partial charge on any atom is 0.243 e. The zero-order valence-electron chi connectivity index (χ0n) is 21.5. The standard InChI is InChI=1S/C25H39N5O7/c1-30(22-5-6-23(32)29-25(22)34)17-20-19(18-31)3-2-4-21(20)28-24(33)7-9-27-10-12-36-14-16-37-15-13-35-11-8-26/h2-4,18,22,27H,5-17,26H2,1H3,(H,28,33)(H,29,32,34). The molecule has 2 rings (SSSR count). The van der Waals surface area contributed by atoms with Crippen LogP contribution in [0, 0.1) is 0 Å². The number of carbonyl (C=O) groups excluding carboxylic acids is 4. The first-order chi connectivity index (χ1) is 18.0. The van der Waals surface area contributed by atoms with E-state index in [1.165, 1.54) is 0 Å². The SMILES string of the molecule is CN(Cc1c(C=O)cccc1NC(=O)CCNCCOCCOCCOCCN)C1CCC(=O)NC1=O. The molecular formula is C25H39N5O7. The first kappa shape index (κ1) is 30.5. The average molecular weight is 522 g/mol. The van der Waals surface area contributed by atoms with Gasteiger partial charge in [0.1, 0.15) is 6.29 Å². The van der Waals surface area contributed by atoms with Gasteiger partial charge in [-0.1, -0.05) is 12.1 Å². The van der Waals surface area contributed by atoms with Crippen LogP contribution in [0.4, 0.5) is 5.69 Å². The number of hydrogen-bond acceptors (Lipinski definition) is 10. The van der Waals surface area contributed by atoms with Crippen LogP contribution in [0.3, 0.4) is 0 Å². The predicted molar refractivity (Wildman–Crippen MR) is 137 cm³/mol. The van der Waals surface area contributed by atoms with Crippen molar-refractivity contribution < 1.29 is 33.4 Å². The fourth-order valence-corrected chi connectivity index (χ4v) is 3.78. The van der Waals surface area contributed by atoms with Gasteiger partial charge in [-0.05, 0) is 19.5 Å². The van der Waals surface area contributed by atoms with Gasteiger partial charge in [0.2, 0.25) is 17.7 Å². The fraction of sp³-hybridized carbons (Fsp3) is 0.600. The summed E-state index contributed by atoms with van der Waals surface area (Å²) in [4.78, 5) is 49.6. The zero-order chi connectivity index (χ0) is 26.9. The van der Waals surface area contributed by atoms with Gasteiger partial charge in [0.05, 0.1) is 45.7 Å². The summed E-state index contributed by atoms with van der Waals surface area (Å²) >= 11 is 0. The monoisotopic (exact) mass is 521 g/mol. The summed E-state index contributed by atoms with van der Waals surface area (Å²) in [5.74, 6) is -0.847. The second-order valence-corrected chi connectivity index (χ2v) is 8.55. The Morgan fingerprint density at radius 3 is 2.49 bits per heavy atom. The molecule has 3 amide bonds. The summed E-state index contributed by atoms with van der Waals surface area (Å²) in [5, 5.41) is 8.37. The predicted octanol–water partition coefficient (Wildman–Crippen LogP) is -0.337. The zero-order valence-corrected chi connectivity index (χ0v) is 21.5. The topological polar surface area (TPSA) is 161 Å². The van der Waals surface area contributed by atoms with Crippen LogP contribution in [0.2, 0.25) is 0 Å². The first-order valence-electron chi connectivity index (χ1n) is 12.5. The quantitative estimate of drug-likeness (QED) is 0.108. The number of likely N-dealkylation sites (N-methyl/N-ethyl adjacent to an activating group) is 1.